The minimum absolute atomic E-state index is 0.0147. The summed E-state index contributed by atoms with van der Waals surface area (Å²) in [5.41, 5.74) is 1.11. The van der Waals surface area contributed by atoms with E-state index in [0.29, 0.717) is 43.4 Å². The normalized spacial score (nSPS) is 19.4. The van der Waals surface area contributed by atoms with Gasteiger partial charge < -0.3 is 24.3 Å². The number of piperidine rings is 1. The Morgan fingerprint density at radius 3 is 2.72 bits per heavy atom. The highest BCUT2D eigenvalue weighted by atomic mass is 19.1. The van der Waals surface area contributed by atoms with Crippen molar-refractivity contribution >= 4 is 23.1 Å². The third kappa shape index (κ3) is 3.53. The van der Waals surface area contributed by atoms with Crippen LogP contribution in [0.4, 0.5) is 15.2 Å². The summed E-state index contributed by atoms with van der Waals surface area (Å²) in [6.07, 6.45) is 1.65. The Kier molecular flexibility index (Phi) is 4.44. The van der Waals surface area contributed by atoms with Crippen molar-refractivity contribution in [2.24, 2.45) is 0 Å². The van der Waals surface area contributed by atoms with Crippen molar-refractivity contribution in [3.63, 3.8) is 0 Å². The van der Waals surface area contributed by atoms with Gasteiger partial charge in [-0.05, 0) is 25.0 Å². The summed E-state index contributed by atoms with van der Waals surface area (Å²) < 4.78 is 24.2. The molecule has 2 saturated heterocycles. The molecule has 7 nitrogen and oxygen atoms in total. The molecule has 3 heterocycles. The zero-order chi connectivity index (χ0) is 17.2. The Balaban J connectivity index is 1.33. The van der Waals surface area contributed by atoms with Gasteiger partial charge in [0, 0.05) is 38.3 Å². The molecule has 2 aliphatic rings. The van der Waals surface area contributed by atoms with Gasteiger partial charge in [0.1, 0.15) is 11.3 Å². The molecule has 0 atom stereocenters. The highest BCUT2D eigenvalue weighted by Gasteiger charge is 2.26. The van der Waals surface area contributed by atoms with Crippen molar-refractivity contribution in [1.82, 2.24) is 15.2 Å². The van der Waals surface area contributed by atoms with Gasteiger partial charge in [0.15, 0.2) is 5.58 Å². The minimum atomic E-state index is -0.334. The molecule has 2 aliphatic heterocycles. The summed E-state index contributed by atoms with van der Waals surface area (Å²) in [6.45, 7) is 3.97. The summed E-state index contributed by atoms with van der Waals surface area (Å²) in [4.78, 5) is 20.5. The highest BCUT2D eigenvalue weighted by molar-refractivity contribution is 5.75. The Hall–Kier alpha value is -2.35. The van der Waals surface area contributed by atoms with E-state index >= 15 is 0 Å². The molecule has 1 N–H and O–H groups in total. The van der Waals surface area contributed by atoms with Crippen LogP contribution in [0.1, 0.15) is 12.8 Å². The van der Waals surface area contributed by atoms with E-state index in [0.717, 1.165) is 25.9 Å². The van der Waals surface area contributed by atoms with Crippen LogP contribution in [0.2, 0.25) is 0 Å². The van der Waals surface area contributed by atoms with Crippen LogP contribution in [-0.2, 0) is 4.74 Å². The molecule has 0 unspecified atom stereocenters. The van der Waals surface area contributed by atoms with E-state index in [1.807, 2.05) is 4.90 Å². The van der Waals surface area contributed by atoms with E-state index in [9.17, 15) is 9.18 Å². The summed E-state index contributed by atoms with van der Waals surface area (Å²) in [5, 5.41) is 3.10. The average Bonchev–Trinajstić information content (AvgIpc) is 3.06. The number of carbonyl (C=O) groups is 1. The van der Waals surface area contributed by atoms with Crippen molar-refractivity contribution < 1.29 is 18.3 Å². The van der Waals surface area contributed by atoms with Crippen LogP contribution < -0.4 is 10.2 Å². The second-order valence-electron chi connectivity index (χ2n) is 6.42. The molecule has 0 radical (unpaired) electrons. The molecule has 2 amide bonds. The average molecular weight is 348 g/mol. The molecule has 134 valence electrons. The number of hydrogen-bond donors (Lipinski definition) is 1. The second kappa shape index (κ2) is 6.87. The Labute approximate surface area is 144 Å². The second-order valence-corrected chi connectivity index (χ2v) is 6.42. The van der Waals surface area contributed by atoms with Crippen LogP contribution in [-0.4, -0.2) is 61.3 Å². The maximum absolute atomic E-state index is 13.3. The predicted octanol–water partition coefficient (Wildman–Crippen LogP) is 1.98. The lowest BCUT2D eigenvalue weighted by Gasteiger charge is -2.33. The molecule has 8 heteroatoms. The molecule has 1 aromatic heterocycles. The van der Waals surface area contributed by atoms with Crippen molar-refractivity contribution in [3.8, 4) is 0 Å². The number of aromatic nitrogens is 1. The summed E-state index contributed by atoms with van der Waals surface area (Å²) >= 11 is 0. The summed E-state index contributed by atoms with van der Waals surface area (Å²) in [5.74, 6) is -0.334. The molecule has 0 saturated carbocycles. The number of nitrogens with one attached hydrogen (secondary N) is 1. The van der Waals surface area contributed by atoms with Crippen LogP contribution in [0.15, 0.2) is 22.6 Å². The fourth-order valence-electron chi connectivity index (χ4n) is 3.27. The largest absolute Gasteiger partial charge is 0.423 e. The molecule has 0 aliphatic carbocycles. The van der Waals surface area contributed by atoms with Crippen molar-refractivity contribution in [1.29, 1.82) is 0 Å². The van der Waals surface area contributed by atoms with Crippen molar-refractivity contribution in [3.05, 3.63) is 24.0 Å². The molecule has 0 spiro atoms. The number of oxazole rings is 1. The third-order valence-corrected chi connectivity index (χ3v) is 4.73. The van der Waals surface area contributed by atoms with Gasteiger partial charge in [-0.3, -0.25) is 0 Å². The first-order valence-electron chi connectivity index (χ1n) is 8.63. The number of rotatable bonds is 2. The van der Waals surface area contributed by atoms with Crippen molar-refractivity contribution in [2.45, 2.75) is 18.9 Å². The van der Waals surface area contributed by atoms with Gasteiger partial charge in [-0.25, -0.2) is 9.18 Å². The number of morpholine rings is 1. The molecule has 25 heavy (non-hydrogen) atoms. The number of amides is 2. The maximum atomic E-state index is 13.3. The van der Waals surface area contributed by atoms with E-state index in [1.54, 1.807) is 11.0 Å². The van der Waals surface area contributed by atoms with Gasteiger partial charge >= 0.3 is 6.03 Å². The zero-order valence-corrected chi connectivity index (χ0v) is 13.9. The van der Waals surface area contributed by atoms with Crippen LogP contribution >= 0.6 is 0 Å². The summed E-state index contributed by atoms with van der Waals surface area (Å²) in [6, 6.07) is 4.99. The number of nitrogens with zero attached hydrogens (tertiary/aromatic N) is 3. The van der Waals surface area contributed by atoms with E-state index < -0.39 is 0 Å². The van der Waals surface area contributed by atoms with E-state index in [-0.39, 0.29) is 17.9 Å². The number of fused-ring (bicyclic) bond motifs is 1. The number of benzene rings is 1. The van der Waals surface area contributed by atoms with Gasteiger partial charge in [-0.15, -0.1) is 0 Å². The first kappa shape index (κ1) is 16.1. The maximum Gasteiger partial charge on any atom is 0.317 e. The van der Waals surface area contributed by atoms with Gasteiger partial charge in [0.2, 0.25) is 0 Å². The molecule has 0 bridgehead atoms. The topological polar surface area (TPSA) is 70.8 Å². The lowest BCUT2D eigenvalue weighted by Crippen LogP contribution is -2.51. The smallest absolute Gasteiger partial charge is 0.317 e. The van der Waals surface area contributed by atoms with Crippen LogP contribution in [0.25, 0.3) is 11.1 Å². The van der Waals surface area contributed by atoms with Crippen LogP contribution in [0.5, 0.6) is 0 Å². The lowest BCUT2D eigenvalue weighted by atomic mass is 10.1. The monoisotopic (exact) mass is 348 g/mol. The Morgan fingerprint density at radius 2 is 1.96 bits per heavy atom. The predicted molar refractivity (Wildman–Crippen MR) is 90.1 cm³/mol. The number of ether oxygens (including phenoxy) is 1. The molecule has 2 aromatic rings. The fourth-order valence-corrected chi connectivity index (χ4v) is 3.27. The molecule has 4 rings (SSSR count). The SMILES string of the molecule is O=C(NC1CCN(c2nc3ccc(F)cc3o2)CC1)N1CCOCC1. The van der Waals surface area contributed by atoms with Crippen LogP contribution in [0, 0.1) is 5.82 Å². The Bertz CT molecular complexity index is 751. The van der Waals surface area contributed by atoms with Gasteiger partial charge in [0.25, 0.3) is 6.01 Å². The van der Waals surface area contributed by atoms with Gasteiger partial charge in [0.05, 0.1) is 13.2 Å². The first-order valence-corrected chi connectivity index (χ1v) is 8.63. The lowest BCUT2D eigenvalue weighted by molar-refractivity contribution is 0.0523. The highest BCUT2D eigenvalue weighted by Crippen LogP contribution is 2.25. The standard InChI is InChI=1S/C17H21FN4O3/c18-12-1-2-14-15(11-12)25-17(20-14)22-5-3-13(4-6-22)19-16(23)21-7-9-24-10-8-21/h1-2,11,13H,3-10H2,(H,19,23). The number of anilines is 1. The summed E-state index contributed by atoms with van der Waals surface area (Å²) in [7, 11) is 0. The zero-order valence-electron chi connectivity index (χ0n) is 13.9. The minimum Gasteiger partial charge on any atom is -0.423 e. The first-order chi connectivity index (χ1) is 12.2. The quantitative estimate of drug-likeness (QED) is 0.899. The number of hydrogen-bond acceptors (Lipinski definition) is 5. The van der Waals surface area contributed by atoms with Gasteiger partial charge in [-0.1, -0.05) is 0 Å². The number of carbonyl (C=O) groups excluding carboxylic acids is 1. The molecular weight excluding hydrogens is 327 g/mol. The number of urea groups is 1. The van der Waals surface area contributed by atoms with E-state index in [2.05, 4.69) is 10.3 Å². The third-order valence-electron chi connectivity index (χ3n) is 4.73. The van der Waals surface area contributed by atoms with E-state index in [1.165, 1.54) is 12.1 Å². The van der Waals surface area contributed by atoms with Crippen LogP contribution in [0.3, 0.4) is 0 Å². The number of halogens is 1. The fraction of sp³-hybridized carbons (Fsp3) is 0.529. The molecule has 1 aromatic carbocycles. The Morgan fingerprint density at radius 1 is 1.20 bits per heavy atom. The van der Waals surface area contributed by atoms with Crippen molar-refractivity contribution in [2.75, 3.05) is 44.3 Å². The molecule has 2 fully saturated rings. The van der Waals surface area contributed by atoms with E-state index in [4.69, 9.17) is 9.15 Å². The molecular formula is C17H21FN4O3. The van der Waals surface area contributed by atoms with Gasteiger partial charge in [-0.2, -0.15) is 4.98 Å².